The second-order valence-corrected chi connectivity index (χ2v) is 6.80. The summed E-state index contributed by atoms with van der Waals surface area (Å²) in [5, 5.41) is 11.7. The third kappa shape index (κ3) is 4.19. The molecule has 0 saturated heterocycles. The molecule has 2 aromatic carbocycles. The normalized spacial score (nSPS) is 10.8. The third-order valence-electron chi connectivity index (χ3n) is 3.26. The Bertz CT molecular complexity index is 869. The molecule has 0 saturated carbocycles. The molecule has 2 N–H and O–H groups in total. The van der Waals surface area contributed by atoms with Crippen molar-refractivity contribution in [2.45, 2.75) is 18.2 Å². The summed E-state index contributed by atoms with van der Waals surface area (Å²) in [4.78, 5) is 12.3. The van der Waals surface area contributed by atoms with Crippen molar-refractivity contribution in [1.29, 1.82) is 5.26 Å². The Balaban J connectivity index is 2.16. The lowest BCUT2D eigenvalue weighted by atomic mass is 10.1. The lowest BCUT2D eigenvalue weighted by Gasteiger charge is -2.08. The number of anilines is 1. The average molecular weight is 343 g/mol. The number of amides is 1. The number of hydrogen-bond donors (Lipinski definition) is 2. The Morgan fingerprint density at radius 2 is 1.79 bits per heavy atom. The Labute approximate surface area is 141 Å². The van der Waals surface area contributed by atoms with Crippen LogP contribution in [0.3, 0.4) is 0 Å². The molecule has 0 radical (unpaired) electrons. The maximum Gasteiger partial charge on any atom is 0.255 e. The van der Waals surface area contributed by atoms with Gasteiger partial charge in [-0.1, -0.05) is 19.1 Å². The maximum absolute atomic E-state index is 12.2. The SMILES string of the molecule is CCCNS(=O)(=O)c1ccc(C(=O)Nc2ccccc2C#N)cc1. The smallest absolute Gasteiger partial charge is 0.255 e. The molecule has 124 valence electrons. The highest BCUT2D eigenvalue weighted by molar-refractivity contribution is 7.89. The first-order valence-corrected chi connectivity index (χ1v) is 8.86. The van der Waals surface area contributed by atoms with Crippen molar-refractivity contribution in [3.63, 3.8) is 0 Å². The van der Waals surface area contributed by atoms with Crippen LogP contribution in [0.1, 0.15) is 29.3 Å². The molecule has 0 heterocycles. The first kappa shape index (κ1) is 17.7. The van der Waals surface area contributed by atoms with Crippen molar-refractivity contribution < 1.29 is 13.2 Å². The van der Waals surface area contributed by atoms with Crippen LogP contribution in [0.2, 0.25) is 0 Å². The molecule has 0 spiro atoms. The maximum atomic E-state index is 12.2. The second kappa shape index (κ2) is 7.73. The summed E-state index contributed by atoms with van der Waals surface area (Å²) in [6.45, 7) is 2.23. The molecular formula is C17H17N3O3S. The quantitative estimate of drug-likeness (QED) is 0.842. The van der Waals surface area contributed by atoms with E-state index in [4.69, 9.17) is 5.26 Å². The van der Waals surface area contributed by atoms with E-state index in [1.54, 1.807) is 24.3 Å². The zero-order valence-electron chi connectivity index (χ0n) is 13.1. The van der Waals surface area contributed by atoms with Crippen molar-refractivity contribution in [1.82, 2.24) is 4.72 Å². The van der Waals surface area contributed by atoms with Gasteiger partial charge < -0.3 is 5.32 Å². The van der Waals surface area contributed by atoms with Gasteiger partial charge in [-0.05, 0) is 42.8 Å². The van der Waals surface area contributed by atoms with Gasteiger partial charge in [0.05, 0.1) is 16.1 Å². The minimum Gasteiger partial charge on any atom is -0.321 e. The van der Waals surface area contributed by atoms with Crippen molar-refractivity contribution in [2.75, 3.05) is 11.9 Å². The van der Waals surface area contributed by atoms with Crippen molar-refractivity contribution in [3.8, 4) is 6.07 Å². The van der Waals surface area contributed by atoms with Gasteiger partial charge in [0.1, 0.15) is 6.07 Å². The number of sulfonamides is 1. The largest absolute Gasteiger partial charge is 0.321 e. The number of para-hydroxylation sites is 1. The number of nitrogens with one attached hydrogen (secondary N) is 2. The fourth-order valence-electron chi connectivity index (χ4n) is 1.99. The van der Waals surface area contributed by atoms with Crippen LogP contribution < -0.4 is 10.0 Å². The van der Waals surface area contributed by atoms with Crippen LogP contribution in [-0.4, -0.2) is 20.9 Å². The first-order chi connectivity index (χ1) is 11.5. The van der Waals surface area contributed by atoms with Gasteiger partial charge in [-0.15, -0.1) is 0 Å². The lowest BCUT2D eigenvalue weighted by Crippen LogP contribution is -2.24. The number of carbonyl (C=O) groups excluding carboxylic acids is 1. The predicted molar refractivity (Wildman–Crippen MR) is 91.0 cm³/mol. The highest BCUT2D eigenvalue weighted by atomic mass is 32.2. The Kier molecular flexibility index (Phi) is 5.68. The number of rotatable bonds is 6. The minimum absolute atomic E-state index is 0.102. The predicted octanol–water partition coefficient (Wildman–Crippen LogP) is 2.50. The highest BCUT2D eigenvalue weighted by Crippen LogP contribution is 2.16. The van der Waals surface area contributed by atoms with E-state index >= 15 is 0 Å². The molecule has 6 nitrogen and oxygen atoms in total. The molecule has 0 aromatic heterocycles. The first-order valence-electron chi connectivity index (χ1n) is 7.38. The molecule has 24 heavy (non-hydrogen) atoms. The molecule has 0 unspecified atom stereocenters. The third-order valence-corrected chi connectivity index (χ3v) is 4.74. The van der Waals surface area contributed by atoms with E-state index in [2.05, 4.69) is 10.0 Å². The summed E-state index contributed by atoms with van der Waals surface area (Å²) in [6, 6.07) is 14.3. The number of benzene rings is 2. The van der Waals surface area contributed by atoms with Crippen LogP contribution in [0.25, 0.3) is 0 Å². The zero-order valence-corrected chi connectivity index (χ0v) is 13.9. The monoisotopic (exact) mass is 343 g/mol. The molecule has 0 aliphatic carbocycles. The molecule has 0 fully saturated rings. The molecule has 0 atom stereocenters. The van der Waals surface area contributed by atoms with Gasteiger partial charge in [-0.25, -0.2) is 13.1 Å². The van der Waals surface area contributed by atoms with Gasteiger partial charge >= 0.3 is 0 Å². The zero-order chi connectivity index (χ0) is 17.6. The standard InChI is InChI=1S/C17H17N3O3S/c1-2-11-19-24(22,23)15-9-7-13(8-10-15)17(21)20-16-6-4-3-5-14(16)12-18/h3-10,19H,2,11H2,1H3,(H,20,21). The summed E-state index contributed by atoms with van der Waals surface area (Å²) in [7, 11) is -3.56. The molecule has 2 rings (SSSR count). The van der Waals surface area contributed by atoms with Crippen LogP contribution in [0.5, 0.6) is 0 Å². The van der Waals surface area contributed by atoms with Gasteiger partial charge in [-0.2, -0.15) is 5.26 Å². The van der Waals surface area contributed by atoms with Crippen LogP contribution in [0, 0.1) is 11.3 Å². The minimum atomic E-state index is -3.56. The molecule has 0 bridgehead atoms. The molecule has 1 amide bonds. The van der Waals surface area contributed by atoms with Crippen molar-refractivity contribution in [3.05, 3.63) is 59.7 Å². The number of nitriles is 1. The van der Waals surface area contributed by atoms with E-state index in [0.717, 1.165) is 0 Å². The Hall–Kier alpha value is -2.69. The summed E-state index contributed by atoms with van der Waals surface area (Å²) >= 11 is 0. The van der Waals surface area contributed by atoms with Gasteiger partial charge in [0.2, 0.25) is 10.0 Å². The fourth-order valence-corrected chi connectivity index (χ4v) is 3.12. The summed E-state index contributed by atoms with van der Waals surface area (Å²) in [5.41, 5.74) is 1.07. The van der Waals surface area contributed by atoms with E-state index < -0.39 is 15.9 Å². The van der Waals surface area contributed by atoms with E-state index in [9.17, 15) is 13.2 Å². The molecule has 0 aliphatic heterocycles. The van der Waals surface area contributed by atoms with Crippen LogP contribution in [0.15, 0.2) is 53.4 Å². The van der Waals surface area contributed by atoms with Crippen molar-refractivity contribution in [2.24, 2.45) is 0 Å². The van der Waals surface area contributed by atoms with Crippen LogP contribution in [0.4, 0.5) is 5.69 Å². The van der Waals surface area contributed by atoms with Gasteiger partial charge in [0.15, 0.2) is 0 Å². The van der Waals surface area contributed by atoms with E-state index in [-0.39, 0.29) is 4.90 Å². The number of carbonyl (C=O) groups is 1. The van der Waals surface area contributed by atoms with Crippen molar-refractivity contribution >= 4 is 21.6 Å². The van der Waals surface area contributed by atoms with Gasteiger partial charge in [0.25, 0.3) is 5.91 Å². The Morgan fingerprint density at radius 3 is 2.42 bits per heavy atom. The fraction of sp³-hybridized carbons (Fsp3) is 0.176. The summed E-state index contributed by atoms with van der Waals surface area (Å²) in [6.07, 6.45) is 0.692. The molecular weight excluding hydrogens is 326 g/mol. The number of hydrogen-bond acceptors (Lipinski definition) is 4. The van der Waals surface area contributed by atoms with Crippen LogP contribution >= 0.6 is 0 Å². The average Bonchev–Trinajstić information content (AvgIpc) is 2.60. The number of nitrogens with zero attached hydrogens (tertiary/aromatic N) is 1. The second-order valence-electron chi connectivity index (χ2n) is 5.03. The van der Waals surface area contributed by atoms with Gasteiger partial charge in [0, 0.05) is 12.1 Å². The summed E-state index contributed by atoms with van der Waals surface area (Å²) in [5.74, 6) is -0.414. The highest BCUT2D eigenvalue weighted by Gasteiger charge is 2.14. The van der Waals surface area contributed by atoms with E-state index in [1.165, 1.54) is 24.3 Å². The molecule has 2 aromatic rings. The van der Waals surface area contributed by atoms with Gasteiger partial charge in [-0.3, -0.25) is 4.79 Å². The topological polar surface area (TPSA) is 99.1 Å². The van der Waals surface area contributed by atoms with E-state index in [1.807, 2.05) is 13.0 Å². The van der Waals surface area contributed by atoms with E-state index in [0.29, 0.717) is 29.8 Å². The molecule has 0 aliphatic rings. The van der Waals surface area contributed by atoms with Crippen LogP contribution in [-0.2, 0) is 10.0 Å². The lowest BCUT2D eigenvalue weighted by molar-refractivity contribution is 0.102. The summed E-state index contributed by atoms with van der Waals surface area (Å²) < 4.78 is 26.5. The Morgan fingerprint density at radius 1 is 1.12 bits per heavy atom. The molecule has 7 heteroatoms.